The molecule has 16 heavy (non-hydrogen) atoms. The summed E-state index contributed by atoms with van der Waals surface area (Å²) in [7, 11) is -3.82. The number of carbonyl (C=O) groups is 1. The molecule has 0 amide bonds. The van der Waals surface area contributed by atoms with E-state index in [0.29, 0.717) is 10.6 Å². The van der Waals surface area contributed by atoms with Gasteiger partial charge in [0.2, 0.25) is 10.0 Å². The van der Waals surface area contributed by atoms with Crippen LogP contribution in [-0.2, 0) is 14.8 Å². The molecule has 0 fully saturated rings. The number of sulfonamides is 1. The van der Waals surface area contributed by atoms with Crippen LogP contribution >= 0.6 is 11.6 Å². The monoisotopic (exact) mass is 262 g/mol. The van der Waals surface area contributed by atoms with Gasteiger partial charge in [-0.15, -0.1) is 0 Å². The van der Waals surface area contributed by atoms with E-state index in [9.17, 15) is 18.3 Å². The quantitative estimate of drug-likeness (QED) is 0.806. The Bertz CT molecular complexity index is 512. The Labute approximate surface area is 98.1 Å². The highest BCUT2D eigenvalue weighted by Gasteiger charge is 2.14. The first-order valence-corrected chi connectivity index (χ1v) is 6.15. The van der Waals surface area contributed by atoms with Crippen LogP contribution in [0.5, 0.6) is 0 Å². The van der Waals surface area contributed by atoms with Crippen LogP contribution in [0.2, 0.25) is 5.02 Å². The SMILES string of the molecule is Cc1cc(S(=O)(=O)NCC(=O)[O-])ccc1Cl. The van der Waals surface area contributed by atoms with E-state index in [2.05, 4.69) is 0 Å². The van der Waals surface area contributed by atoms with Crippen LogP contribution in [0.15, 0.2) is 23.1 Å². The molecular formula is C9H9ClNO4S-. The van der Waals surface area contributed by atoms with Crippen LogP contribution in [-0.4, -0.2) is 20.9 Å². The number of carbonyl (C=O) groups excluding carboxylic acids is 1. The van der Waals surface area contributed by atoms with Gasteiger partial charge in [-0.2, -0.15) is 0 Å². The third-order valence-electron chi connectivity index (χ3n) is 1.85. The maximum absolute atomic E-state index is 11.6. The number of nitrogens with one attached hydrogen (secondary N) is 1. The molecule has 0 radical (unpaired) electrons. The lowest BCUT2D eigenvalue weighted by molar-refractivity contribution is -0.303. The number of carboxylic acids is 1. The second kappa shape index (κ2) is 4.82. The number of benzene rings is 1. The molecule has 0 aliphatic heterocycles. The molecule has 1 aromatic rings. The largest absolute Gasteiger partial charge is 0.549 e. The topological polar surface area (TPSA) is 86.3 Å². The summed E-state index contributed by atoms with van der Waals surface area (Å²) < 4.78 is 25.0. The van der Waals surface area contributed by atoms with E-state index >= 15 is 0 Å². The second-order valence-corrected chi connectivity index (χ2v) is 5.28. The lowest BCUT2D eigenvalue weighted by Crippen LogP contribution is -2.37. The van der Waals surface area contributed by atoms with Crippen molar-refractivity contribution in [3.05, 3.63) is 28.8 Å². The lowest BCUT2D eigenvalue weighted by atomic mass is 10.2. The highest BCUT2D eigenvalue weighted by Crippen LogP contribution is 2.19. The summed E-state index contributed by atoms with van der Waals surface area (Å²) in [6.07, 6.45) is 0. The van der Waals surface area contributed by atoms with E-state index in [4.69, 9.17) is 11.6 Å². The minimum absolute atomic E-state index is 0.0318. The van der Waals surface area contributed by atoms with E-state index < -0.39 is 22.5 Å². The zero-order chi connectivity index (χ0) is 12.3. The number of hydrogen-bond donors (Lipinski definition) is 1. The zero-order valence-corrected chi connectivity index (χ0v) is 9.93. The number of halogens is 1. The Kier molecular flexibility index (Phi) is 3.90. The van der Waals surface area contributed by atoms with Gasteiger partial charge in [0.15, 0.2) is 0 Å². The third-order valence-corrected chi connectivity index (χ3v) is 3.67. The number of carboxylic acid groups (broad SMARTS) is 1. The molecule has 1 rings (SSSR count). The number of aliphatic carboxylic acids is 1. The highest BCUT2D eigenvalue weighted by atomic mass is 35.5. The van der Waals surface area contributed by atoms with Crippen molar-refractivity contribution < 1.29 is 18.3 Å². The average molecular weight is 263 g/mol. The fraction of sp³-hybridized carbons (Fsp3) is 0.222. The van der Waals surface area contributed by atoms with Gasteiger partial charge in [0.25, 0.3) is 0 Å². The van der Waals surface area contributed by atoms with Crippen molar-refractivity contribution in [1.82, 2.24) is 4.72 Å². The Morgan fingerprint density at radius 3 is 2.62 bits per heavy atom. The summed E-state index contributed by atoms with van der Waals surface area (Å²) in [5.41, 5.74) is 0.595. The second-order valence-electron chi connectivity index (χ2n) is 3.11. The summed E-state index contributed by atoms with van der Waals surface area (Å²) in [6.45, 7) is 0.893. The molecule has 88 valence electrons. The van der Waals surface area contributed by atoms with Gasteiger partial charge in [-0.3, -0.25) is 0 Å². The van der Waals surface area contributed by atoms with Crippen molar-refractivity contribution in [2.75, 3.05) is 6.54 Å². The molecule has 0 unspecified atom stereocenters. The highest BCUT2D eigenvalue weighted by molar-refractivity contribution is 7.89. The first kappa shape index (κ1) is 13.0. The van der Waals surface area contributed by atoms with Crippen LogP contribution in [0.3, 0.4) is 0 Å². The summed E-state index contributed by atoms with van der Waals surface area (Å²) in [5, 5.41) is 10.6. The number of rotatable bonds is 4. The Balaban J connectivity index is 2.99. The van der Waals surface area contributed by atoms with Crippen LogP contribution in [0.25, 0.3) is 0 Å². The lowest BCUT2D eigenvalue weighted by Gasteiger charge is -2.08. The standard InChI is InChI=1S/C9H10ClNO4S/c1-6-4-7(2-3-8(6)10)16(14,15)11-5-9(12)13/h2-4,11H,5H2,1H3,(H,12,13)/p-1. The molecule has 0 aliphatic carbocycles. The van der Waals surface area contributed by atoms with Gasteiger partial charge in [0.05, 0.1) is 17.4 Å². The normalized spacial score (nSPS) is 11.4. The van der Waals surface area contributed by atoms with Crippen LogP contribution in [0, 0.1) is 6.92 Å². The molecule has 1 aromatic carbocycles. The van der Waals surface area contributed by atoms with Crippen molar-refractivity contribution in [3.63, 3.8) is 0 Å². The van der Waals surface area contributed by atoms with Crippen LogP contribution in [0.1, 0.15) is 5.56 Å². The van der Waals surface area contributed by atoms with E-state index in [1.165, 1.54) is 18.2 Å². The van der Waals surface area contributed by atoms with E-state index in [1.807, 2.05) is 4.72 Å². The molecule has 0 bridgehead atoms. The smallest absolute Gasteiger partial charge is 0.240 e. The van der Waals surface area contributed by atoms with Crippen molar-refractivity contribution >= 4 is 27.6 Å². The molecule has 0 aromatic heterocycles. The van der Waals surface area contributed by atoms with Crippen molar-refractivity contribution in [3.8, 4) is 0 Å². The Morgan fingerprint density at radius 1 is 1.50 bits per heavy atom. The maximum Gasteiger partial charge on any atom is 0.240 e. The summed E-state index contributed by atoms with van der Waals surface area (Å²) in [4.78, 5) is 10.1. The average Bonchev–Trinajstić information content (AvgIpc) is 2.19. The fourth-order valence-electron chi connectivity index (χ4n) is 1.02. The molecule has 0 spiro atoms. The van der Waals surface area contributed by atoms with E-state index in [0.717, 1.165) is 0 Å². The van der Waals surface area contributed by atoms with E-state index in [-0.39, 0.29) is 4.90 Å². The predicted molar refractivity (Wildman–Crippen MR) is 56.4 cm³/mol. The molecule has 0 aliphatic rings. The first-order valence-electron chi connectivity index (χ1n) is 4.28. The van der Waals surface area contributed by atoms with E-state index in [1.54, 1.807) is 6.92 Å². The van der Waals surface area contributed by atoms with Gasteiger partial charge in [0, 0.05) is 5.02 Å². The fourth-order valence-corrected chi connectivity index (χ4v) is 2.19. The third kappa shape index (κ3) is 3.19. The summed E-state index contributed by atoms with van der Waals surface area (Å²) in [6, 6.07) is 4.09. The minimum atomic E-state index is -3.82. The van der Waals surface area contributed by atoms with Crippen molar-refractivity contribution in [2.45, 2.75) is 11.8 Å². The molecule has 0 saturated heterocycles. The summed E-state index contributed by atoms with van der Waals surface area (Å²) >= 11 is 5.74. The zero-order valence-electron chi connectivity index (χ0n) is 8.36. The molecule has 0 heterocycles. The molecule has 7 heteroatoms. The van der Waals surface area contributed by atoms with Gasteiger partial charge in [-0.25, -0.2) is 13.1 Å². The maximum atomic E-state index is 11.6. The van der Waals surface area contributed by atoms with Gasteiger partial charge >= 0.3 is 0 Å². The molecule has 5 nitrogen and oxygen atoms in total. The number of aryl methyl sites for hydroxylation is 1. The van der Waals surface area contributed by atoms with Gasteiger partial charge in [0.1, 0.15) is 0 Å². The van der Waals surface area contributed by atoms with Crippen molar-refractivity contribution in [1.29, 1.82) is 0 Å². The Morgan fingerprint density at radius 2 is 2.12 bits per heavy atom. The molecule has 0 saturated carbocycles. The van der Waals surface area contributed by atoms with Crippen LogP contribution < -0.4 is 9.83 Å². The van der Waals surface area contributed by atoms with Gasteiger partial charge < -0.3 is 9.90 Å². The van der Waals surface area contributed by atoms with Gasteiger partial charge in [-0.05, 0) is 30.7 Å². The summed E-state index contributed by atoms with van der Waals surface area (Å²) in [5.74, 6) is -1.49. The molecular weight excluding hydrogens is 254 g/mol. The predicted octanol–water partition coefficient (Wildman–Crippen LogP) is -0.323. The minimum Gasteiger partial charge on any atom is -0.549 e. The number of hydrogen-bond acceptors (Lipinski definition) is 4. The molecule has 1 N–H and O–H groups in total. The molecule has 0 atom stereocenters. The first-order chi connectivity index (χ1) is 7.33. The Hall–Kier alpha value is -1.11. The van der Waals surface area contributed by atoms with Crippen LogP contribution in [0.4, 0.5) is 0 Å². The van der Waals surface area contributed by atoms with Crippen molar-refractivity contribution in [2.24, 2.45) is 0 Å². The van der Waals surface area contributed by atoms with Gasteiger partial charge in [-0.1, -0.05) is 11.6 Å².